The molecular weight excluding hydrogens is 132 g/mol. The number of carboxylic acid groups (broad SMARTS) is 1. The molecule has 0 aliphatic rings. The van der Waals surface area contributed by atoms with Gasteiger partial charge in [0.25, 0.3) is 0 Å². The van der Waals surface area contributed by atoms with E-state index in [1.165, 1.54) is 6.26 Å². The molecule has 0 fully saturated rings. The SMILES string of the molecule is O=C(O)CCc1ccoc1. The van der Waals surface area contributed by atoms with Gasteiger partial charge < -0.3 is 9.52 Å². The number of furan rings is 1. The van der Waals surface area contributed by atoms with Crippen molar-refractivity contribution in [3.63, 3.8) is 0 Å². The van der Waals surface area contributed by atoms with Crippen molar-refractivity contribution in [3.05, 3.63) is 24.2 Å². The van der Waals surface area contributed by atoms with E-state index in [1.54, 1.807) is 12.3 Å². The van der Waals surface area contributed by atoms with Gasteiger partial charge >= 0.3 is 5.97 Å². The van der Waals surface area contributed by atoms with Gasteiger partial charge in [0, 0.05) is 6.42 Å². The molecule has 1 aromatic heterocycles. The average molecular weight is 140 g/mol. The van der Waals surface area contributed by atoms with Gasteiger partial charge in [0.2, 0.25) is 0 Å². The minimum Gasteiger partial charge on any atom is -0.481 e. The molecule has 54 valence electrons. The third-order valence-electron chi connectivity index (χ3n) is 1.21. The Labute approximate surface area is 58.3 Å². The van der Waals surface area contributed by atoms with E-state index < -0.39 is 5.97 Å². The van der Waals surface area contributed by atoms with Gasteiger partial charge in [-0.1, -0.05) is 0 Å². The van der Waals surface area contributed by atoms with Crippen molar-refractivity contribution in [2.24, 2.45) is 0 Å². The number of aryl methyl sites for hydroxylation is 1. The van der Waals surface area contributed by atoms with E-state index >= 15 is 0 Å². The molecule has 0 spiro atoms. The Morgan fingerprint density at radius 3 is 3.00 bits per heavy atom. The summed E-state index contributed by atoms with van der Waals surface area (Å²) in [5.74, 6) is -0.777. The van der Waals surface area contributed by atoms with Crippen LogP contribution in [0.5, 0.6) is 0 Å². The number of carboxylic acids is 1. The summed E-state index contributed by atoms with van der Waals surface area (Å²) in [6, 6.07) is 1.77. The smallest absolute Gasteiger partial charge is 0.303 e. The van der Waals surface area contributed by atoms with Crippen LogP contribution in [0.15, 0.2) is 23.0 Å². The van der Waals surface area contributed by atoms with E-state index in [0.717, 1.165) is 5.56 Å². The third-order valence-corrected chi connectivity index (χ3v) is 1.21. The maximum atomic E-state index is 10.1. The Hall–Kier alpha value is -1.25. The molecule has 0 aliphatic carbocycles. The molecule has 0 radical (unpaired) electrons. The molecule has 3 nitrogen and oxygen atoms in total. The zero-order valence-electron chi connectivity index (χ0n) is 5.41. The molecule has 0 saturated carbocycles. The lowest BCUT2D eigenvalue weighted by Crippen LogP contribution is -1.95. The maximum Gasteiger partial charge on any atom is 0.303 e. The van der Waals surface area contributed by atoms with Gasteiger partial charge in [0.1, 0.15) is 0 Å². The fourth-order valence-corrected chi connectivity index (χ4v) is 0.686. The van der Waals surface area contributed by atoms with Gasteiger partial charge in [0.05, 0.1) is 12.5 Å². The lowest BCUT2D eigenvalue weighted by atomic mass is 10.2. The minimum absolute atomic E-state index is 0.166. The van der Waals surface area contributed by atoms with Crippen molar-refractivity contribution in [2.45, 2.75) is 12.8 Å². The molecule has 1 aromatic rings. The van der Waals surface area contributed by atoms with Crippen molar-refractivity contribution in [1.29, 1.82) is 0 Å². The Kier molecular flexibility index (Phi) is 2.10. The zero-order chi connectivity index (χ0) is 7.40. The highest BCUT2D eigenvalue weighted by molar-refractivity contribution is 5.67. The van der Waals surface area contributed by atoms with Gasteiger partial charge in [-0.05, 0) is 18.1 Å². The molecule has 1 heterocycles. The molecule has 3 heteroatoms. The minimum atomic E-state index is -0.777. The Balaban J connectivity index is 2.35. The van der Waals surface area contributed by atoms with Crippen LogP contribution >= 0.6 is 0 Å². The summed E-state index contributed by atoms with van der Waals surface area (Å²) in [5, 5.41) is 8.28. The van der Waals surface area contributed by atoms with E-state index in [9.17, 15) is 4.79 Å². The van der Waals surface area contributed by atoms with Crippen LogP contribution in [0.2, 0.25) is 0 Å². The molecule has 1 N–H and O–H groups in total. The average Bonchev–Trinajstić information content (AvgIpc) is 2.34. The molecule has 0 amide bonds. The summed E-state index contributed by atoms with van der Waals surface area (Å²) >= 11 is 0. The second kappa shape index (κ2) is 3.06. The van der Waals surface area contributed by atoms with Gasteiger partial charge in [-0.25, -0.2) is 0 Å². The van der Waals surface area contributed by atoms with Gasteiger partial charge in [-0.2, -0.15) is 0 Å². The van der Waals surface area contributed by atoms with Crippen LogP contribution in [0.3, 0.4) is 0 Å². The fraction of sp³-hybridized carbons (Fsp3) is 0.286. The lowest BCUT2D eigenvalue weighted by molar-refractivity contribution is -0.136. The summed E-state index contributed by atoms with van der Waals surface area (Å²) in [7, 11) is 0. The van der Waals surface area contributed by atoms with E-state index in [4.69, 9.17) is 9.52 Å². The first-order valence-corrected chi connectivity index (χ1v) is 3.02. The van der Waals surface area contributed by atoms with Crippen molar-refractivity contribution in [3.8, 4) is 0 Å². The Morgan fingerprint density at radius 1 is 1.70 bits per heavy atom. The second-order valence-corrected chi connectivity index (χ2v) is 2.03. The number of carbonyl (C=O) groups is 1. The quantitative estimate of drug-likeness (QED) is 0.688. The van der Waals surface area contributed by atoms with Gasteiger partial charge in [0.15, 0.2) is 0 Å². The van der Waals surface area contributed by atoms with Gasteiger partial charge in [-0.15, -0.1) is 0 Å². The molecule has 0 saturated heterocycles. The normalized spacial score (nSPS) is 9.60. The first-order valence-electron chi connectivity index (χ1n) is 3.02. The lowest BCUT2D eigenvalue weighted by Gasteiger charge is -1.88. The topological polar surface area (TPSA) is 50.4 Å². The Morgan fingerprint density at radius 2 is 2.50 bits per heavy atom. The number of aliphatic carboxylic acids is 1. The van der Waals surface area contributed by atoms with Crippen LogP contribution in [0, 0.1) is 0 Å². The summed E-state index contributed by atoms with van der Waals surface area (Å²) < 4.78 is 4.75. The molecular formula is C7H8O3. The molecule has 10 heavy (non-hydrogen) atoms. The van der Waals surface area contributed by atoms with Crippen molar-refractivity contribution in [2.75, 3.05) is 0 Å². The summed E-state index contributed by atoms with van der Waals surface area (Å²) in [5.41, 5.74) is 0.933. The second-order valence-electron chi connectivity index (χ2n) is 2.03. The summed E-state index contributed by atoms with van der Waals surface area (Å²) in [6.07, 6.45) is 3.81. The monoisotopic (exact) mass is 140 g/mol. The third kappa shape index (κ3) is 1.93. The number of hydrogen-bond donors (Lipinski definition) is 1. The number of rotatable bonds is 3. The van der Waals surface area contributed by atoms with Crippen molar-refractivity contribution < 1.29 is 14.3 Å². The predicted octanol–water partition coefficient (Wildman–Crippen LogP) is 1.30. The highest BCUT2D eigenvalue weighted by atomic mass is 16.4. The highest BCUT2D eigenvalue weighted by Gasteiger charge is 1.98. The fourth-order valence-electron chi connectivity index (χ4n) is 0.686. The van der Waals surface area contributed by atoms with Crippen LogP contribution in [-0.2, 0) is 11.2 Å². The summed E-state index contributed by atoms with van der Waals surface area (Å²) in [4.78, 5) is 10.1. The van der Waals surface area contributed by atoms with Crippen LogP contribution in [0.1, 0.15) is 12.0 Å². The van der Waals surface area contributed by atoms with E-state index in [1.807, 2.05) is 0 Å². The van der Waals surface area contributed by atoms with E-state index in [2.05, 4.69) is 0 Å². The largest absolute Gasteiger partial charge is 0.481 e. The highest BCUT2D eigenvalue weighted by Crippen LogP contribution is 2.02. The molecule has 0 unspecified atom stereocenters. The molecule has 1 rings (SSSR count). The summed E-state index contributed by atoms with van der Waals surface area (Å²) in [6.45, 7) is 0. The van der Waals surface area contributed by atoms with Crippen LogP contribution in [0.25, 0.3) is 0 Å². The first-order chi connectivity index (χ1) is 4.79. The van der Waals surface area contributed by atoms with E-state index in [-0.39, 0.29) is 6.42 Å². The van der Waals surface area contributed by atoms with Gasteiger partial charge in [-0.3, -0.25) is 4.79 Å². The zero-order valence-corrected chi connectivity index (χ0v) is 5.41. The van der Waals surface area contributed by atoms with Crippen LogP contribution in [0.4, 0.5) is 0 Å². The standard InChI is InChI=1S/C7H8O3/c8-7(9)2-1-6-3-4-10-5-6/h3-5H,1-2H2,(H,8,9). The van der Waals surface area contributed by atoms with Crippen molar-refractivity contribution >= 4 is 5.97 Å². The van der Waals surface area contributed by atoms with E-state index in [0.29, 0.717) is 6.42 Å². The molecule has 0 aliphatic heterocycles. The van der Waals surface area contributed by atoms with Crippen molar-refractivity contribution in [1.82, 2.24) is 0 Å². The van der Waals surface area contributed by atoms with Crippen LogP contribution < -0.4 is 0 Å². The molecule has 0 aromatic carbocycles. The maximum absolute atomic E-state index is 10.1. The predicted molar refractivity (Wildman–Crippen MR) is 34.7 cm³/mol. The molecule has 0 atom stereocenters. The molecule has 0 bridgehead atoms. The first kappa shape index (κ1) is 6.86. The number of hydrogen-bond acceptors (Lipinski definition) is 2. The van der Waals surface area contributed by atoms with Crippen LogP contribution in [-0.4, -0.2) is 11.1 Å². The Bertz CT molecular complexity index is 201.